The zero-order valence-electron chi connectivity index (χ0n) is 19.3. The van der Waals surface area contributed by atoms with Gasteiger partial charge >= 0.3 is 11.7 Å². The predicted octanol–water partition coefficient (Wildman–Crippen LogP) is 4.24. The second-order valence-electron chi connectivity index (χ2n) is 9.17. The Hall–Kier alpha value is -3.42. The Morgan fingerprint density at radius 2 is 1.71 bits per heavy atom. The number of nitro benzene ring substituents is 1. The van der Waals surface area contributed by atoms with Gasteiger partial charge in [0.2, 0.25) is 0 Å². The van der Waals surface area contributed by atoms with Gasteiger partial charge in [0.1, 0.15) is 12.4 Å². The van der Waals surface area contributed by atoms with E-state index in [-0.39, 0.29) is 30.4 Å². The van der Waals surface area contributed by atoms with Gasteiger partial charge < -0.3 is 14.2 Å². The Morgan fingerprint density at radius 3 is 2.32 bits per heavy atom. The highest BCUT2D eigenvalue weighted by molar-refractivity contribution is 5.84. The normalized spacial score (nSPS) is 16.4. The summed E-state index contributed by atoms with van der Waals surface area (Å²) in [6, 6.07) is 11.2. The first kappa shape index (κ1) is 23.7. The third-order valence-corrected chi connectivity index (χ3v) is 6.14. The number of ether oxygens (including phenoxy) is 3. The van der Waals surface area contributed by atoms with Crippen LogP contribution >= 0.6 is 0 Å². The molecule has 8 nitrogen and oxygen atoms in total. The number of nitrogens with zero attached hydrogens (tertiary/aromatic N) is 1. The quantitative estimate of drug-likeness (QED) is 0.325. The lowest BCUT2D eigenvalue weighted by molar-refractivity contribution is -0.385. The highest BCUT2D eigenvalue weighted by Crippen LogP contribution is 2.36. The van der Waals surface area contributed by atoms with Crippen molar-refractivity contribution in [3.63, 3.8) is 0 Å². The van der Waals surface area contributed by atoms with E-state index in [1.165, 1.54) is 50.8 Å². The average molecular weight is 468 g/mol. The number of hydrogen-bond acceptors (Lipinski definition) is 7. The molecule has 0 bridgehead atoms. The maximum absolute atomic E-state index is 11.2. The zero-order valence-corrected chi connectivity index (χ0v) is 19.3. The van der Waals surface area contributed by atoms with Gasteiger partial charge in [-0.15, -0.1) is 0 Å². The van der Waals surface area contributed by atoms with Gasteiger partial charge in [-0.1, -0.05) is 18.2 Å². The fourth-order valence-corrected chi connectivity index (χ4v) is 3.92. The second-order valence-corrected chi connectivity index (χ2v) is 9.17. The second kappa shape index (κ2) is 10.7. The van der Waals surface area contributed by atoms with E-state index >= 15 is 0 Å². The van der Waals surface area contributed by atoms with Crippen LogP contribution in [0.25, 0.3) is 0 Å². The molecule has 1 aliphatic heterocycles. The number of fused-ring (bicyclic) bond motifs is 1. The summed E-state index contributed by atoms with van der Waals surface area (Å²) in [4.78, 5) is 32.7. The summed E-state index contributed by atoms with van der Waals surface area (Å²) < 4.78 is 14.9. The molecule has 3 aliphatic rings. The molecule has 0 unspecified atom stereocenters. The first-order chi connectivity index (χ1) is 16.4. The van der Waals surface area contributed by atoms with Gasteiger partial charge in [0.15, 0.2) is 18.1 Å². The molecule has 2 fully saturated rings. The molecule has 1 heterocycles. The number of carbonyl (C=O) groups excluding carboxylic acids is 2. The van der Waals surface area contributed by atoms with Crippen molar-refractivity contribution >= 4 is 17.4 Å². The van der Waals surface area contributed by atoms with Crippen LogP contribution in [-0.4, -0.2) is 37.0 Å². The topological polar surface area (TPSA) is 105 Å². The number of nitro groups is 1. The van der Waals surface area contributed by atoms with Crippen LogP contribution in [0.4, 0.5) is 5.69 Å². The molecule has 2 aromatic carbocycles. The molecule has 180 valence electrons. The molecule has 0 amide bonds. The largest absolute Gasteiger partial charge is 0.486 e. The maximum Gasteiger partial charge on any atom is 0.343 e. The van der Waals surface area contributed by atoms with Gasteiger partial charge in [0, 0.05) is 18.1 Å². The van der Waals surface area contributed by atoms with Gasteiger partial charge in [-0.25, -0.2) is 4.79 Å². The fourth-order valence-electron chi connectivity index (χ4n) is 3.92. The molecular formula is C26H29NO7. The number of esters is 1. The minimum atomic E-state index is -0.573. The van der Waals surface area contributed by atoms with Crippen molar-refractivity contribution in [1.82, 2.24) is 0 Å². The van der Waals surface area contributed by atoms with Crippen molar-refractivity contribution in [2.24, 2.45) is 11.8 Å². The Kier molecular flexibility index (Phi) is 7.45. The molecule has 0 N–H and O–H groups in total. The number of hydrogen-bond donors (Lipinski definition) is 0. The molecule has 34 heavy (non-hydrogen) atoms. The molecule has 5 rings (SSSR count). The summed E-state index contributed by atoms with van der Waals surface area (Å²) in [7, 11) is 1.23. The Morgan fingerprint density at radius 1 is 1.06 bits per heavy atom. The van der Waals surface area contributed by atoms with Crippen LogP contribution in [0.5, 0.6) is 11.5 Å². The number of benzene rings is 2. The van der Waals surface area contributed by atoms with Crippen molar-refractivity contribution in [1.29, 1.82) is 0 Å². The van der Waals surface area contributed by atoms with Crippen LogP contribution in [0.3, 0.4) is 0 Å². The summed E-state index contributed by atoms with van der Waals surface area (Å²) >= 11 is 0. The SMILES string of the molecule is COC(=O)COc1ccc(CC2CC2)cc1[N+](=O)[O-].O=C1COc2ccc(CC3CC3)cc2C1. The van der Waals surface area contributed by atoms with Crippen molar-refractivity contribution in [2.45, 2.75) is 44.9 Å². The van der Waals surface area contributed by atoms with Crippen molar-refractivity contribution in [3.8, 4) is 11.5 Å². The minimum absolute atomic E-state index is 0.0925. The average Bonchev–Trinajstić information content (AvgIpc) is 3.75. The van der Waals surface area contributed by atoms with Crippen LogP contribution < -0.4 is 9.47 Å². The van der Waals surface area contributed by atoms with Crippen LogP contribution in [0.15, 0.2) is 36.4 Å². The number of rotatable bonds is 8. The molecule has 0 radical (unpaired) electrons. The van der Waals surface area contributed by atoms with E-state index < -0.39 is 10.9 Å². The number of carbonyl (C=O) groups is 2. The van der Waals surface area contributed by atoms with Gasteiger partial charge in [-0.05, 0) is 73.6 Å². The van der Waals surface area contributed by atoms with E-state index in [4.69, 9.17) is 9.47 Å². The van der Waals surface area contributed by atoms with E-state index in [2.05, 4.69) is 16.9 Å². The molecule has 0 spiro atoms. The molecule has 0 aromatic heterocycles. The zero-order chi connectivity index (χ0) is 24.1. The highest BCUT2D eigenvalue weighted by atomic mass is 16.6. The first-order valence-electron chi connectivity index (χ1n) is 11.6. The van der Waals surface area contributed by atoms with Crippen LogP contribution in [0, 0.1) is 22.0 Å². The van der Waals surface area contributed by atoms with Gasteiger partial charge in [0.05, 0.1) is 12.0 Å². The summed E-state index contributed by atoms with van der Waals surface area (Å²) in [5.74, 6) is 2.15. The van der Waals surface area contributed by atoms with E-state index in [0.29, 0.717) is 12.3 Å². The first-order valence-corrected chi connectivity index (χ1v) is 11.6. The maximum atomic E-state index is 11.2. The molecule has 2 aliphatic carbocycles. The standard InChI is InChI=1S/C13H15NO5.C13H14O2/c1-18-13(15)8-19-12-5-4-10(6-9-2-3-9)7-11(12)14(16)17;14-12-7-11-6-10(5-9-1-2-9)3-4-13(11)15-8-12/h4-5,7,9H,2-3,6,8H2,1H3;3-4,6,9H,1-2,5,7-8H2. The lowest BCUT2D eigenvalue weighted by Gasteiger charge is -2.17. The van der Waals surface area contributed by atoms with Crippen molar-refractivity contribution < 1.29 is 28.7 Å². The van der Waals surface area contributed by atoms with Crippen LogP contribution in [0.2, 0.25) is 0 Å². The molecule has 2 saturated carbocycles. The third kappa shape index (κ3) is 6.79. The summed E-state index contributed by atoms with van der Waals surface area (Å²) in [5.41, 5.74) is 3.25. The van der Waals surface area contributed by atoms with Gasteiger partial charge in [-0.3, -0.25) is 14.9 Å². The Labute approximate surface area is 198 Å². The lowest BCUT2D eigenvalue weighted by Crippen LogP contribution is -2.20. The summed E-state index contributed by atoms with van der Waals surface area (Å²) in [5, 5.41) is 11.0. The fraction of sp³-hybridized carbons (Fsp3) is 0.462. The van der Waals surface area contributed by atoms with E-state index in [9.17, 15) is 19.7 Å². The number of methoxy groups -OCH3 is 1. The van der Waals surface area contributed by atoms with Crippen molar-refractivity contribution in [3.05, 3.63) is 63.2 Å². The number of ketones is 1. The third-order valence-electron chi connectivity index (χ3n) is 6.14. The summed E-state index contributed by atoms with van der Waals surface area (Å²) in [6.45, 7) is -0.0890. The molecule has 0 atom stereocenters. The van der Waals surface area contributed by atoms with E-state index in [0.717, 1.165) is 29.2 Å². The molecular weight excluding hydrogens is 438 g/mol. The van der Waals surface area contributed by atoms with Crippen molar-refractivity contribution in [2.75, 3.05) is 20.3 Å². The van der Waals surface area contributed by atoms with Gasteiger partial charge in [-0.2, -0.15) is 0 Å². The molecule has 0 saturated heterocycles. The predicted molar refractivity (Wildman–Crippen MR) is 124 cm³/mol. The van der Waals surface area contributed by atoms with E-state index in [1.807, 2.05) is 6.07 Å². The molecule has 2 aromatic rings. The Bertz CT molecular complexity index is 1070. The minimum Gasteiger partial charge on any atom is -0.486 e. The number of Topliss-reactive ketones (excluding diaryl/α,β-unsaturated/α-hetero) is 1. The lowest BCUT2D eigenvalue weighted by atomic mass is 10.00. The monoisotopic (exact) mass is 467 g/mol. The van der Waals surface area contributed by atoms with Crippen LogP contribution in [0.1, 0.15) is 42.4 Å². The van der Waals surface area contributed by atoms with Crippen LogP contribution in [-0.2, 0) is 33.6 Å². The van der Waals surface area contributed by atoms with E-state index in [1.54, 1.807) is 12.1 Å². The highest BCUT2D eigenvalue weighted by Gasteiger charge is 2.24. The summed E-state index contributed by atoms with van der Waals surface area (Å²) in [6.07, 6.45) is 7.69. The van der Waals surface area contributed by atoms with Gasteiger partial charge in [0.25, 0.3) is 0 Å². The smallest absolute Gasteiger partial charge is 0.343 e. The Balaban J connectivity index is 0.000000165. The molecule has 8 heteroatoms.